The van der Waals surface area contributed by atoms with Gasteiger partial charge in [-0.25, -0.2) is 4.99 Å². The maximum atomic E-state index is 9.48. The van der Waals surface area contributed by atoms with E-state index in [0.717, 1.165) is 49.8 Å². The Morgan fingerprint density at radius 3 is 2.46 bits per heavy atom. The predicted octanol–water partition coefficient (Wildman–Crippen LogP) is 3.15. The first kappa shape index (κ1) is 21.0. The van der Waals surface area contributed by atoms with E-state index < -0.39 is 0 Å². The molecule has 2 N–H and O–H groups in total. The molecule has 0 spiro atoms. The second-order valence-corrected chi connectivity index (χ2v) is 6.95. The van der Waals surface area contributed by atoms with Gasteiger partial charge in [0.25, 0.3) is 0 Å². The Balaban J connectivity index is 0.00000243. The second kappa shape index (κ2) is 10.7. The third kappa shape index (κ3) is 5.34. The number of hydrogen-bond acceptors (Lipinski definition) is 4. The van der Waals surface area contributed by atoms with Gasteiger partial charge in [0.15, 0.2) is 5.96 Å². The molecule has 2 heterocycles. The highest BCUT2D eigenvalue weighted by molar-refractivity contribution is 14.0. The summed E-state index contributed by atoms with van der Waals surface area (Å²) in [7, 11) is 0. The number of aliphatic hydroxyl groups excluding tert-OH is 1. The molecule has 1 aromatic heterocycles. The molecular formula is C19H27IN4OS. The van der Waals surface area contributed by atoms with Gasteiger partial charge in [-0.15, -0.1) is 35.3 Å². The molecule has 26 heavy (non-hydrogen) atoms. The third-order valence-corrected chi connectivity index (χ3v) is 5.35. The topological polar surface area (TPSA) is 51.1 Å². The molecule has 0 radical (unpaired) electrons. The Labute approximate surface area is 176 Å². The van der Waals surface area contributed by atoms with E-state index in [4.69, 9.17) is 4.99 Å². The van der Waals surface area contributed by atoms with Crippen LogP contribution >= 0.6 is 35.3 Å². The second-order valence-electron chi connectivity index (χ2n) is 6.02. The fraction of sp³-hybridized carbons (Fsp3) is 0.421. The fourth-order valence-corrected chi connectivity index (χ4v) is 3.83. The number of nitrogens with one attached hydrogen (secondary N) is 1. The summed E-state index contributed by atoms with van der Waals surface area (Å²) in [4.78, 5) is 9.57. The Morgan fingerprint density at radius 1 is 1.12 bits per heavy atom. The summed E-state index contributed by atoms with van der Waals surface area (Å²) in [5.41, 5.74) is 2.03. The van der Waals surface area contributed by atoms with Gasteiger partial charge in [0, 0.05) is 32.7 Å². The Morgan fingerprint density at radius 2 is 1.85 bits per heavy atom. The van der Waals surface area contributed by atoms with Crippen molar-refractivity contribution in [1.29, 1.82) is 0 Å². The lowest BCUT2D eigenvalue weighted by atomic mass is 10.1. The number of aliphatic hydroxyl groups is 1. The highest BCUT2D eigenvalue weighted by Gasteiger charge is 2.20. The number of thiophene rings is 1. The molecule has 1 aliphatic heterocycles. The molecule has 0 bridgehead atoms. The van der Waals surface area contributed by atoms with E-state index in [9.17, 15) is 5.11 Å². The van der Waals surface area contributed by atoms with Crippen LogP contribution in [0.1, 0.15) is 18.1 Å². The van der Waals surface area contributed by atoms with Crippen LogP contribution in [0.25, 0.3) is 0 Å². The number of rotatable bonds is 5. The zero-order valence-electron chi connectivity index (χ0n) is 15.1. The average Bonchev–Trinajstić information content (AvgIpc) is 3.20. The van der Waals surface area contributed by atoms with E-state index in [1.165, 1.54) is 5.00 Å². The number of benzene rings is 1. The first-order valence-electron chi connectivity index (χ1n) is 8.81. The fourth-order valence-electron chi connectivity index (χ4n) is 3.04. The van der Waals surface area contributed by atoms with E-state index in [-0.39, 0.29) is 30.6 Å². The number of guanidine groups is 1. The van der Waals surface area contributed by atoms with Crippen LogP contribution in [0.4, 0.5) is 5.00 Å². The number of nitrogens with zero attached hydrogens (tertiary/aromatic N) is 3. The van der Waals surface area contributed by atoms with E-state index >= 15 is 0 Å². The summed E-state index contributed by atoms with van der Waals surface area (Å²) in [6.45, 7) is 7.55. The quantitative estimate of drug-likeness (QED) is 0.388. The van der Waals surface area contributed by atoms with Crippen LogP contribution in [0.3, 0.4) is 0 Å². The van der Waals surface area contributed by atoms with Gasteiger partial charge in [0.2, 0.25) is 0 Å². The van der Waals surface area contributed by atoms with Crippen LogP contribution in [-0.2, 0) is 13.2 Å². The molecule has 142 valence electrons. The predicted molar refractivity (Wildman–Crippen MR) is 121 cm³/mol. The van der Waals surface area contributed by atoms with Crippen molar-refractivity contribution in [2.24, 2.45) is 4.99 Å². The maximum absolute atomic E-state index is 9.48. The summed E-state index contributed by atoms with van der Waals surface area (Å²) in [6.07, 6.45) is 0. The van der Waals surface area contributed by atoms with Gasteiger partial charge in [-0.05, 0) is 35.6 Å². The highest BCUT2D eigenvalue weighted by Crippen LogP contribution is 2.22. The molecule has 1 fully saturated rings. The summed E-state index contributed by atoms with van der Waals surface area (Å²) >= 11 is 1.80. The van der Waals surface area contributed by atoms with Crippen LogP contribution in [0.15, 0.2) is 46.8 Å². The maximum Gasteiger partial charge on any atom is 0.194 e. The normalized spacial score (nSPS) is 14.9. The van der Waals surface area contributed by atoms with Gasteiger partial charge in [0.1, 0.15) is 0 Å². The SMILES string of the molecule is CCNC(=NCc1ccccc1CO)N1CCN(c2cccs2)CC1.I. The Hall–Kier alpha value is -1.32. The van der Waals surface area contributed by atoms with E-state index in [1.54, 1.807) is 11.3 Å². The van der Waals surface area contributed by atoms with E-state index in [0.29, 0.717) is 6.54 Å². The monoisotopic (exact) mass is 486 g/mol. The largest absolute Gasteiger partial charge is 0.392 e. The Kier molecular flexibility index (Phi) is 8.67. The number of piperazine rings is 1. The van der Waals surface area contributed by atoms with Crippen molar-refractivity contribution in [2.75, 3.05) is 37.6 Å². The summed E-state index contributed by atoms with van der Waals surface area (Å²) in [6, 6.07) is 12.2. The molecule has 1 saturated heterocycles. The van der Waals surface area contributed by atoms with Crippen molar-refractivity contribution < 1.29 is 5.11 Å². The van der Waals surface area contributed by atoms with Crippen LogP contribution in [0, 0.1) is 0 Å². The molecule has 7 heteroatoms. The molecular weight excluding hydrogens is 459 g/mol. The van der Waals surface area contributed by atoms with E-state index in [1.807, 2.05) is 24.3 Å². The van der Waals surface area contributed by atoms with Crippen molar-refractivity contribution in [3.63, 3.8) is 0 Å². The molecule has 0 saturated carbocycles. The van der Waals surface area contributed by atoms with Crippen molar-refractivity contribution in [2.45, 2.75) is 20.1 Å². The van der Waals surface area contributed by atoms with Gasteiger partial charge in [-0.3, -0.25) is 0 Å². The number of hydrogen-bond donors (Lipinski definition) is 2. The molecule has 1 aromatic carbocycles. The minimum absolute atomic E-state index is 0. The average molecular weight is 486 g/mol. The number of halogens is 1. The first-order valence-corrected chi connectivity index (χ1v) is 9.69. The lowest BCUT2D eigenvalue weighted by Crippen LogP contribution is -2.52. The lowest BCUT2D eigenvalue weighted by molar-refractivity contribution is 0.280. The number of anilines is 1. The molecule has 3 rings (SSSR count). The molecule has 0 amide bonds. The standard InChI is InChI=1S/C19H26N4OS.HI/c1-2-20-19(21-14-16-6-3-4-7-17(16)15-24)23-11-9-22(10-12-23)18-8-5-13-25-18;/h3-8,13,24H,2,9-12,14-15H2,1H3,(H,20,21);1H. The third-order valence-electron chi connectivity index (χ3n) is 4.42. The summed E-state index contributed by atoms with van der Waals surface area (Å²) in [5.74, 6) is 0.959. The summed E-state index contributed by atoms with van der Waals surface area (Å²) in [5, 5.41) is 16.4. The van der Waals surface area contributed by atoms with E-state index in [2.05, 4.69) is 39.6 Å². The molecule has 0 unspecified atom stereocenters. The smallest absolute Gasteiger partial charge is 0.194 e. The van der Waals surface area contributed by atoms with Crippen molar-refractivity contribution in [3.05, 3.63) is 52.9 Å². The minimum atomic E-state index is 0. The zero-order chi connectivity index (χ0) is 17.5. The Bertz CT molecular complexity index is 685. The molecule has 2 aromatic rings. The van der Waals surface area contributed by atoms with Gasteiger partial charge < -0.3 is 20.2 Å². The van der Waals surface area contributed by atoms with Gasteiger partial charge in [0.05, 0.1) is 18.2 Å². The van der Waals surface area contributed by atoms with Gasteiger partial charge >= 0.3 is 0 Å². The molecule has 5 nitrogen and oxygen atoms in total. The highest BCUT2D eigenvalue weighted by atomic mass is 127. The zero-order valence-corrected chi connectivity index (χ0v) is 18.2. The van der Waals surface area contributed by atoms with Crippen LogP contribution in [-0.4, -0.2) is 48.7 Å². The first-order chi connectivity index (χ1) is 12.3. The van der Waals surface area contributed by atoms with Crippen LogP contribution < -0.4 is 10.2 Å². The lowest BCUT2D eigenvalue weighted by Gasteiger charge is -2.37. The molecule has 0 aliphatic carbocycles. The number of aliphatic imine (C=N–C) groups is 1. The summed E-state index contributed by atoms with van der Waals surface area (Å²) < 4.78 is 0. The van der Waals surface area contributed by atoms with Crippen LogP contribution in [0.5, 0.6) is 0 Å². The van der Waals surface area contributed by atoms with Crippen molar-refractivity contribution >= 4 is 46.3 Å². The van der Waals surface area contributed by atoms with Crippen molar-refractivity contribution in [3.8, 4) is 0 Å². The van der Waals surface area contributed by atoms with Gasteiger partial charge in [-0.2, -0.15) is 0 Å². The van der Waals surface area contributed by atoms with Gasteiger partial charge in [-0.1, -0.05) is 24.3 Å². The van der Waals surface area contributed by atoms with Crippen molar-refractivity contribution in [1.82, 2.24) is 10.2 Å². The minimum Gasteiger partial charge on any atom is -0.392 e. The van der Waals surface area contributed by atoms with Crippen LogP contribution in [0.2, 0.25) is 0 Å². The molecule has 1 aliphatic rings. The molecule has 0 atom stereocenters.